The van der Waals surface area contributed by atoms with Gasteiger partial charge in [0.2, 0.25) is 0 Å². The van der Waals surface area contributed by atoms with Gasteiger partial charge in [0.05, 0.1) is 11.4 Å². The van der Waals surface area contributed by atoms with E-state index >= 15 is 0 Å². The molecule has 2 nitrogen and oxygen atoms in total. The zero-order valence-electron chi connectivity index (χ0n) is 10.3. The van der Waals surface area contributed by atoms with Gasteiger partial charge in [-0.1, -0.05) is 6.07 Å². The lowest BCUT2D eigenvalue weighted by Crippen LogP contribution is -2.06. The van der Waals surface area contributed by atoms with Crippen LogP contribution in [0.2, 0.25) is 0 Å². The zero-order valence-corrected chi connectivity index (χ0v) is 10.3. The summed E-state index contributed by atoms with van der Waals surface area (Å²) < 4.78 is 26.8. The van der Waals surface area contributed by atoms with Gasteiger partial charge in [0, 0.05) is 17.8 Å². The molecule has 0 unspecified atom stereocenters. The Hall–Kier alpha value is -1.97. The van der Waals surface area contributed by atoms with E-state index in [4.69, 9.17) is 0 Å². The molecule has 94 valence electrons. The highest BCUT2D eigenvalue weighted by Crippen LogP contribution is 2.17. The van der Waals surface area contributed by atoms with Crippen molar-refractivity contribution in [3.8, 4) is 0 Å². The lowest BCUT2D eigenvalue weighted by atomic mass is 10.2. The molecule has 0 aliphatic carbocycles. The van der Waals surface area contributed by atoms with Crippen molar-refractivity contribution in [2.45, 2.75) is 20.4 Å². The fourth-order valence-corrected chi connectivity index (χ4v) is 1.76. The highest BCUT2D eigenvalue weighted by atomic mass is 19.1. The van der Waals surface area contributed by atoms with Crippen molar-refractivity contribution in [3.05, 3.63) is 58.9 Å². The minimum atomic E-state index is -0.541. The fraction of sp³-hybridized carbons (Fsp3) is 0.214. The first kappa shape index (κ1) is 12.5. The number of rotatable bonds is 3. The van der Waals surface area contributed by atoms with Crippen molar-refractivity contribution in [3.63, 3.8) is 0 Å². The van der Waals surface area contributed by atoms with Gasteiger partial charge in [0.25, 0.3) is 0 Å². The van der Waals surface area contributed by atoms with Crippen LogP contribution >= 0.6 is 0 Å². The number of nitrogens with one attached hydrogen (secondary N) is 1. The summed E-state index contributed by atoms with van der Waals surface area (Å²) in [5, 5.41) is 3.00. The summed E-state index contributed by atoms with van der Waals surface area (Å²) in [5.41, 5.74) is 2.54. The molecule has 0 saturated heterocycles. The second-order valence-electron chi connectivity index (χ2n) is 4.14. The number of pyridine rings is 1. The van der Waals surface area contributed by atoms with Gasteiger partial charge in [0.1, 0.15) is 11.6 Å². The Morgan fingerprint density at radius 1 is 1.06 bits per heavy atom. The smallest absolute Gasteiger partial charge is 0.131 e. The van der Waals surface area contributed by atoms with Crippen molar-refractivity contribution < 1.29 is 8.78 Å². The second-order valence-corrected chi connectivity index (χ2v) is 4.14. The van der Waals surface area contributed by atoms with Crippen LogP contribution < -0.4 is 5.32 Å². The van der Waals surface area contributed by atoms with E-state index in [0.29, 0.717) is 0 Å². The zero-order chi connectivity index (χ0) is 13.1. The van der Waals surface area contributed by atoms with Crippen LogP contribution in [-0.2, 0) is 6.54 Å². The van der Waals surface area contributed by atoms with Crippen molar-refractivity contribution in [2.24, 2.45) is 0 Å². The van der Waals surface area contributed by atoms with Crippen molar-refractivity contribution in [1.82, 2.24) is 4.98 Å². The molecule has 0 aliphatic rings. The molecular weight excluding hydrogens is 234 g/mol. The Morgan fingerprint density at radius 2 is 1.72 bits per heavy atom. The van der Waals surface area contributed by atoms with E-state index in [9.17, 15) is 8.78 Å². The SMILES string of the molecule is Cc1ccc(NCc2c(F)cccc2F)c(C)n1. The van der Waals surface area contributed by atoms with E-state index in [-0.39, 0.29) is 12.1 Å². The van der Waals surface area contributed by atoms with E-state index in [1.165, 1.54) is 18.2 Å². The van der Waals surface area contributed by atoms with Crippen LogP contribution in [0, 0.1) is 25.5 Å². The summed E-state index contributed by atoms with van der Waals surface area (Å²) >= 11 is 0. The Labute approximate surface area is 105 Å². The minimum absolute atomic E-state index is 0.0393. The standard InChI is InChI=1S/C14H14F2N2/c1-9-6-7-14(10(2)18-9)17-8-11-12(15)4-3-5-13(11)16/h3-7,17H,8H2,1-2H3. The van der Waals surface area contributed by atoms with Crippen LogP contribution in [0.4, 0.5) is 14.5 Å². The lowest BCUT2D eigenvalue weighted by Gasteiger charge is -2.10. The predicted molar refractivity (Wildman–Crippen MR) is 67.4 cm³/mol. The third-order valence-corrected chi connectivity index (χ3v) is 2.74. The topological polar surface area (TPSA) is 24.9 Å². The first-order valence-electron chi connectivity index (χ1n) is 5.69. The van der Waals surface area contributed by atoms with Crippen LogP contribution in [0.15, 0.2) is 30.3 Å². The normalized spacial score (nSPS) is 10.4. The van der Waals surface area contributed by atoms with Gasteiger partial charge in [-0.05, 0) is 38.1 Å². The van der Waals surface area contributed by atoms with Gasteiger partial charge >= 0.3 is 0 Å². The van der Waals surface area contributed by atoms with Crippen molar-refractivity contribution >= 4 is 5.69 Å². The van der Waals surface area contributed by atoms with Crippen LogP contribution in [0.3, 0.4) is 0 Å². The summed E-state index contributed by atoms with van der Waals surface area (Å²) in [4.78, 5) is 4.28. The van der Waals surface area contributed by atoms with Gasteiger partial charge in [0.15, 0.2) is 0 Å². The molecule has 4 heteroatoms. The summed E-state index contributed by atoms with van der Waals surface area (Å²) in [6, 6.07) is 7.57. The van der Waals surface area contributed by atoms with Crippen LogP contribution in [0.5, 0.6) is 0 Å². The average Bonchev–Trinajstić information content (AvgIpc) is 2.31. The molecule has 18 heavy (non-hydrogen) atoms. The number of aryl methyl sites for hydroxylation is 2. The number of aromatic nitrogens is 1. The van der Waals surface area contributed by atoms with Crippen LogP contribution in [0.1, 0.15) is 17.0 Å². The first-order chi connectivity index (χ1) is 8.58. The van der Waals surface area contributed by atoms with E-state index in [2.05, 4.69) is 10.3 Å². The molecule has 1 heterocycles. The molecule has 1 aromatic carbocycles. The van der Waals surface area contributed by atoms with E-state index in [1.807, 2.05) is 26.0 Å². The van der Waals surface area contributed by atoms with Gasteiger partial charge < -0.3 is 5.32 Å². The number of nitrogens with zero attached hydrogens (tertiary/aromatic N) is 1. The number of hydrogen-bond donors (Lipinski definition) is 1. The average molecular weight is 248 g/mol. The quantitative estimate of drug-likeness (QED) is 0.897. The van der Waals surface area contributed by atoms with E-state index in [1.54, 1.807) is 0 Å². The molecule has 0 radical (unpaired) electrons. The third-order valence-electron chi connectivity index (χ3n) is 2.74. The summed E-state index contributed by atoms with van der Waals surface area (Å²) in [7, 11) is 0. The molecule has 0 aliphatic heterocycles. The Kier molecular flexibility index (Phi) is 3.55. The van der Waals surface area contributed by atoms with Crippen LogP contribution in [-0.4, -0.2) is 4.98 Å². The third kappa shape index (κ3) is 2.64. The summed E-state index contributed by atoms with van der Waals surface area (Å²) in [5.74, 6) is -1.08. The van der Waals surface area contributed by atoms with Gasteiger partial charge in [-0.2, -0.15) is 0 Å². The maximum absolute atomic E-state index is 13.4. The molecule has 0 spiro atoms. The van der Waals surface area contributed by atoms with Gasteiger partial charge in [-0.15, -0.1) is 0 Å². The molecule has 2 rings (SSSR count). The number of hydrogen-bond acceptors (Lipinski definition) is 2. The summed E-state index contributed by atoms with van der Waals surface area (Å²) in [6.07, 6.45) is 0. The molecule has 0 atom stereocenters. The molecule has 0 bridgehead atoms. The van der Waals surface area contributed by atoms with Crippen molar-refractivity contribution in [1.29, 1.82) is 0 Å². The van der Waals surface area contributed by atoms with E-state index < -0.39 is 11.6 Å². The Morgan fingerprint density at radius 3 is 2.33 bits per heavy atom. The molecular formula is C14H14F2N2. The lowest BCUT2D eigenvalue weighted by molar-refractivity contribution is 0.560. The van der Waals surface area contributed by atoms with Gasteiger partial charge in [-0.3, -0.25) is 4.98 Å². The number of halogens is 2. The molecule has 0 fully saturated rings. The molecule has 2 aromatic rings. The summed E-state index contributed by atoms with van der Waals surface area (Å²) in [6.45, 7) is 3.85. The first-order valence-corrected chi connectivity index (χ1v) is 5.69. The maximum Gasteiger partial charge on any atom is 0.131 e. The molecule has 1 N–H and O–H groups in total. The highest BCUT2D eigenvalue weighted by Gasteiger charge is 2.08. The molecule has 1 aromatic heterocycles. The number of anilines is 1. The monoisotopic (exact) mass is 248 g/mol. The minimum Gasteiger partial charge on any atom is -0.379 e. The van der Waals surface area contributed by atoms with Crippen LogP contribution in [0.25, 0.3) is 0 Å². The van der Waals surface area contributed by atoms with E-state index in [0.717, 1.165) is 17.1 Å². The van der Waals surface area contributed by atoms with Gasteiger partial charge in [-0.25, -0.2) is 8.78 Å². The Bertz CT molecular complexity index is 547. The Balaban J connectivity index is 2.16. The van der Waals surface area contributed by atoms with Crippen molar-refractivity contribution in [2.75, 3.05) is 5.32 Å². The predicted octanol–water partition coefficient (Wildman–Crippen LogP) is 3.59. The molecule has 0 amide bonds. The largest absolute Gasteiger partial charge is 0.379 e. The second kappa shape index (κ2) is 5.12. The highest BCUT2D eigenvalue weighted by molar-refractivity contribution is 5.48. The fourth-order valence-electron chi connectivity index (χ4n) is 1.76. The molecule has 0 saturated carbocycles. The maximum atomic E-state index is 13.4. The number of benzene rings is 1.